The Bertz CT molecular complexity index is 809. The summed E-state index contributed by atoms with van der Waals surface area (Å²) in [7, 11) is 0. The lowest BCUT2D eigenvalue weighted by molar-refractivity contribution is 0.0524. The summed E-state index contributed by atoms with van der Waals surface area (Å²) >= 11 is 0. The second kappa shape index (κ2) is 7.55. The van der Waals surface area contributed by atoms with Crippen LogP contribution in [0.25, 0.3) is 0 Å². The van der Waals surface area contributed by atoms with E-state index in [0.29, 0.717) is 18.0 Å². The predicted octanol–water partition coefficient (Wildman–Crippen LogP) is 2.30. The van der Waals surface area contributed by atoms with Gasteiger partial charge in [0.25, 0.3) is 0 Å². The van der Waals surface area contributed by atoms with Gasteiger partial charge in [0.15, 0.2) is 5.69 Å². The zero-order valence-corrected chi connectivity index (χ0v) is 14.9. The van der Waals surface area contributed by atoms with Crippen molar-refractivity contribution >= 4 is 17.8 Å². The summed E-state index contributed by atoms with van der Waals surface area (Å²) in [4.78, 5) is 29.3. The van der Waals surface area contributed by atoms with E-state index in [4.69, 9.17) is 9.84 Å². The molecule has 26 heavy (non-hydrogen) atoms. The van der Waals surface area contributed by atoms with Gasteiger partial charge in [-0.05, 0) is 38.8 Å². The van der Waals surface area contributed by atoms with E-state index in [1.54, 1.807) is 19.2 Å². The molecular weight excluding hydrogens is 336 g/mol. The average molecular weight is 358 g/mol. The number of hydrogen-bond acceptors (Lipinski definition) is 6. The van der Waals surface area contributed by atoms with Crippen LogP contribution in [0.3, 0.4) is 0 Å². The van der Waals surface area contributed by atoms with Crippen molar-refractivity contribution in [1.29, 1.82) is 0 Å². The summed E-state index contributed by atoms with van der Waals surface area (Å²) in [6.45, 7) is 5.48. The van der Waals surface area contributed by atoms with Crippen molar-refractivity contribution in [2.24, 2.45) is 0 Å². The van der Waals surface area contributed by atoms with Gasteiger partial charge >= 0.3 is 11.9 Å². The summed E-state index contributed by atoms with van der Waals surface area (Å²) in [5.74, 6) is -0.698. The Labute approximate surface area is 151 Å². The van der Waals surface area contributed by atoms with Gasteiger partial charge in [-0.2, -0.15) is 5.10 Å². The number of ether oxygens (including phenoxy) is 1. The lowest BCUT2D eigenvalue weighted by atomic mass is 10.0. The molecule has 1 aliphatic rings. The molecule has 8 heteroatoms. The first kappa shape index (κ1) is 17.9. The molecule has 0 amide bonds. The number of carbonyl (C=O) groups is 2. The molecular formula is C18H22N4O4. The molecule has 0 saturated carbocycles. The number of aromatic carboxylic acids is 1. The van der Waals surface area contributed by atoms with E-state index in [-0.39, 0.29) is 17.7 Å². The molecule has 0 aliphatic carbocycles. The quantitative estimate of drug-likeness (QED) is 0.819. The van der Waals surface area contributed by atoms with Gasteiger partial charge in [0.1, 0.15) is 11.4 Å². The van der Waals surface area contributed by atoms with Crippen LogP contribution in [-0.4, -0.2) is 51.5 Å². The van der Waals surface area contributed by atoms with Crippen molar-refractivity contribution in [2.75, 3.05) is 24.6 Å². The van der Waals surface area contributed by atoms with Gasteiger partial charge in [-0.1, -0.05) is 6.07 Å². The molecule has 1 saturated heterocycles. The lowest BCUT2D eigenvalue weighted by Gasteiger charge is -2.33. The smallest absolute Gasteiger partial charge is 0.354 e. The number of piperidine rings is 1. The van der Waals surface area contributed by atoms with Crippen molar-refractivity contribution in [1.82, 2.24) is 14.8 Å². The number of nitrogens with zero attached hydrogens (tertiary/aromatic N) is 4. The van der Waals surface area contributed by atoms with Crippen molar-refractivity contribution in [3.05, 3.63) is 41.3 Å². The molecule has 1 N–H and O–H groups in total. The van der Waals surface area contributed by atoms with E-state index >= 15 is 0 Å². The van der Waals surface area contributed by atoms with Crippen LogP contribution in [0.5, 0.6) is 0 Å². The molecule has 0 bridgehead atoms. The van der Waals surface area contributed by atoms with Crippen LogP contribution >= 0.6 is 0 Å². The maximum absolute atomic E-state index is 11.9. The van der Waals surface area contributed by atoms with Crippen LogP contribution in [0.15, 0.2) is 24.4 Å². The Hall–Kier alpha value is -2.90. The van der Waals surface area contributed by atoms with Gasteiger partial charge in [-0.25, -0.2) is 14.6 Å². The van der Waals surface area contributed by atoms with E-state index in [9.17, 15) is 9.59 Å². The van der Waals surface area contributed by atoms with E-state index in [1.807, 2.05) is 17.7 Å². The van der Waals surface area contributed by atoms with E-state index < -0.39 is 5.97 Å². The number of aromatic nitrogens is 3. The van der Waals surface area contributed by atoms with Gasteiger partial charge in [0, 0.05) is 13.1 Å². The summed E-state index contributed by atoms with van der Waals surface area (Å²) in [5, 5.41) is 13.5. The number of carboxylic acids is 1. The largest absolute Gasteiger partial charge is 0.477 e. The topological polar surface area (TPSA) is 97.6 Å². The van der Waals surface area contributed by atoms with Crippen LogP contribution in [-0.2, 0) is 4.74 Å². The SMILES string of the molecule is CCOC(=O)c1cnn(C2CCN(c3cccc(C(=O)O)n3)CC2)c1C. The first-order valence-electron chi connectivity index (χ1n) is 8.67. The number of rotatable bonds is 5. The molecule has 1 fully saturated rings. The average Bonchev–Trinajstić information content (AvgIpc) is 3.03. The first-order chi connectivity index (χ1) is 12.5. The fraction of sp³-hybridized carbons (Fsp3) is 0.444. The first-order valence-corrected chi connectivity index (χ1v) is 8.67. The Morgan fingerprint density at radius 3 is 2.69 bits per heavy atom. The number of carbonyl (C=O) groups excluding carboxylic acids is 1. The van der Waals surface area contributed by atoms with E-state index in [0.717, 1.165) is 31.6 Å². The highest BCUT2D eigenvalue weighted by Gasteiger charge is 2.25. The van der Waals surface area contributed by atoms with Crippen molar-refractivity contribution in [3.8, 4) is 0 Å². The Morgan fingerprint density at radius 2 is 2.04 bits per heavy atom. The molecule has 2 aromatic rings. The van der Waals surface area contributed by atoms with Gasteiger partial charge in [-0.3, -0.25) is 4.68 Å². The third kappa shape index (κ3) is 3.54. The second-order valence-corrected chi connectivity index (χ2v) is 6.21. The highest BCUT2D eigenvalue weighted by atomic mass is 16.5. The Kier molecular flexibility index (Phi) is 5.20. The molecule has 0 aromatic carbocycles. The fourth-order valence-electron chi connectivity index (χ4n) is 3.26. The molecule has 0 radical (unpaired) electrons. The number of anilines is 1. The molecule has 0 atom stereocenters. The highest BCUT2D eigenvalue weighted by molar-refractivity contribution is 5.90. The van der Waals surface area contributed by atoms with Gasteiger partial charge < -0.3 is 14.7 Å². The van der Waals surface area contributed by atoms with Gasteiger partial charge in [0.05, 0.1) is 24.5 Å². The van der Waals surface area contributed by atoms with E-state index in [2.05, 4.69) is 15.0 Å². The maximum Gasteiger partial charge on any atom is 0.354 e. The van der Waals surface area contributed by atoms with Crippen molar-refractivity contribution in [2.45, 2.75) is 32.7 Å². The third-order valence-corrected chi connectivity index (χ3v) is 4.63. The number of esters is 1. The normalized spacial score (nSPS) is 15.1. The summed E-state index contributed by atoms with van der Waals surface area (Å²) < 4.78 is 6.95. The Morgan fingerprint density at radius 1 is 1.31 bits per heavy atom. The van der Waals surface area contributed by atoms with Crippen LogP contribution in [0.4, 0.5) is 5.82 Å². The van der Waals surface area contributed by atoms with E-state index in [1.165, 1.54) is 6.07 Å². The standard InChI is InChI=1S/C18H22N4O4/c1-3-26-18(25)14-11-19-22(12(14)2)13-7-9-21(10-8-13)16-6-4-5-15(20-16)17(23)24/h4-6,11,13H,3,7-10H2,1-2H3,(H,23,24). The van der Waals surface area contributed by atoms with Gasteiger partial charge in [-0.15, -0.1) is 0 Å². The molecule has 8 nitrogen and oxygen atoms in total. The molecule has 2 aromatic heterocycles. The predicted molar refractivity (Wildman–Crippen MR) is 94.6 cm³/mol. The van der Waals surface area contributed by atoms with Gasteiger partial charge in [0.2, 0.25) is 0 Å². The number of pyridine rings is 1. The summed E-state index contributed by atoms with van der Waals surface area (Å²) in [6, 6.07) is 5.21. The van der Waals surface area contributed by atoms with Crippen molar-refractivity contribution in [3.63, 3.8) is 0 Å². The zero-order valence-electron chi connectivity index (χ0n) is 14.9. The second-order valence-electron chi connectivity index (χ2n) is 6.21. The van der Waals surface area contributed by atoms with Crippen molar-refractivity contribution < 1.29 is 19.4 Å². The number of hydrogen-bond donors (Lipinski definition) is 1. The minimum absolute atomic E-state index is 0.0478. The Balaban J connectivity index is 1.68. The molecule has 1 aliphatic heterocycles. The zero-order chi connectivity index (χ0) is 18.7. The fourth-order valence-corrected chi connectivity index (χ4v) is 3.26. The molecule has 0 spiro atoms. The molecule has 138 valence electrons. The highest BCUT2D eigenvalue weighted by Crippen LogP contribution is 2.27. The maximum atomic E-state index is 11.9. The summed E-state index contributed by atoms with van der Waals surface area (Å²) in [6.07, 6.45) is 3.24. The van der Waals surface area contributed by atoms with Crippen LogP contribution in [0.1, 0.15) is 52.3 Å². The minimum atomic E-state index is -1.03. The molecule has 0 unspecified atom stereocenters. The minimum Gasteiger partial charge on any atom is -0.477 e. The van der Waals surface area contributed by atoms with Crippen LogP contribution in [0.2, 0.25) is 0 Å². The monoisotopic (exact) mass is 358 g/mol. The number of carboxylic acid groups (broad SMARTS) is 1. The van der Waals surface area contributed by atoms with Crippen LogP contribution < -0.4 is 4.90 Å². The lowest BCUT2D eigenvalue weighted by Crippen LogP contribution is -2.36. The van der Waals surface area contributed by atoms with Crippen LogP contribution in [0, 0.1) is 6.92 Å². The summed E-state index contributed by atoms with van der Waals surface area (Å²) in [5.41, 5.74) is 1.37. The third-order valence-electron chi connectivity index (χ3n) is 4.63. The molecule has 3 heterocycles. The molecule has 3 rings (SSSR count).